The van der Waals surface area contributed by atoms with E-state index in [-0.39, 0.29) is 16.5 Å². The molecule has 1 amide bonds. The Balaban J connectivity index is 2.91. The third kappa shape index (κ3) is 3.03. The quantitative estimate of drug-likeness (QED) is 0.886. The highest BCUT2D eigenvalue weighted by Gasteiger charge is 2.19. The number of carbonyl (C=O) groups is 1. The fourth-order valence-electron chi connectivity index (χ4n) is 1.08. The molecule has 1 rings (SSSR count). The van der Waals surface area contributed by atoms with Crippen molar-refractivity contribution in [1.29, 1.82) is 0 Å². The van der Waals surface area contributed by atoms with Gasteiger partial charge >= 0.3 is 0 Å². The lowest BCUT2D eigenvalue weighted by atomic mass is 10.3. The molecule has 0 aliphatic rings. The Kier molecular flexibility index (Phi) is 4.00. The summed E-state index contributed by atoms with van der Waals surface area (Å²) in [7, 11) is 1.25. The van der Waals surface area contributed by atoms with Gasteiger partial charge in [-0.3, -0.25) is 4.79 Å². The number of nitrogen functional groups attached to an aromatic ring is 1. The molecule has 0 fully saturated rings. The summed E-state index contributed by atoms with van der Waals surface area (Å²) < 4.78 is 24.1. The van der Waals surface area contributed by atoms with Crippen molar-refractivity contribution in [2.24, 2.45) is 0 Å². The molecule has 2 N–H and O–H groups in total. The lowest BCUT2D eigenvalue weighted by Gasteiger charge is -2.16. The minimum Gasteiger partial charge on any atom is -0.384 e. The zero-order valence-corrected chi connectivity index (χ0v) is 9.21. The molecule has 88 valence electrons. The zero-order valence-electron chi connectivity index (χ0n) is 8.45. The normalized spacial score (nSPS) is 10.6. The van der Waals surface area contributed by atoms with Crippen molar-refractivity contribution in [3.05, 3.63) is 22.8 Å². The van der Waals surface area contributed by atoms with Crippen molar-refractivity contribution in [2.45, 2.75) is 6.43 Å². The summed E-state index contributed by atoms with van der Waals surface area (Å²) in [5, 5.41) is 0.0836. The van der Waals surface area contributed by atoms with Gasteiger partial charge in [-0.2, -0.15) is 0 Å². The number of anilines is 1. The molecule has 0 spiro atoms. The lowest BCUT2D eigenvalue weighted by Crippen LogP contribution is -2.32. The van der Waals surface area contributed by atoms with Gasteiger partial charge in [-0.25, -0.2) is 13.8 Å². The number of hydrogen-bond donors (Lipinski definition) is 1. The first-order valence-corrected chi connectivity index (χ1v) is 4.75. The van der Waals surface area contributed by atoms with Crippen LogP contribution < -0.4 is 5.73 Å². The maximum Gasteiger partial charge on any atom is 0.274 e. The Labute approximate surface area is 96.0 Å². The summed E-state index contributed by atoms with van der Waals surface area (Å²) in [6.07, 6.45) is -2.60. The molecule has 7 heteroatoms. The monoisotopic (exact) mass is 249 g/mol. The van der Waals surface area contributed by atoms with Crippen LogP contribution in [0.15, 0.2) is 12.1 Å². The van der Waals surface area contributed by atoms with Gasteiger partial charge < -0.3 is 10.6 Å². The number of alkyl halides is 2. The molecule has 16 heavy (non-hydrogen) atoms. The second kappa shape index (κ2) is 5.07. The summed E-state index contributed by atoms with van der Waals surface area (Å²) in [6, 6.07) is 2.82. The molecule has 0 aromatic carbocycles. The van der Waals surface area contributed by atoms with Crippen molar-refractivity contribution in [2.75, 3.05) is 19.3 Å². The number of carbonyl (C=O) groups excluding carboxylic acids is 1. The number of pyridine rings is 1. The Bertz CT molecular complexity index is 400. The maximum absolute atomic E-state index is 12.1. The smallest absolute Gasteiger partial charge is 0.274 e. The molecule has 0 unspecified atom stereocenters. The minimum atomic E-state index is -2.60. The second-order valence-corrected chi connectivity index (χ2v) is 3.55. The van der Waals surface area contributed by atoms with Gasteiger partial charge in [-0.15, -0.1) is 0 Å². The van der Waals surface area contributed by atoms with Gasteiger partial charge in [0.05, 0.1) is 11.6 Å². The standard InChI is InChI=1S/C9H10ClF2N3O/c1-15(4-6(11)12)9(16)8-5(10)2-3-7(13)14-8/h2-3,6H,4H2,1H3,(H2,13,14). The summed E-state index contributed by atoms with van der Waals surface area (Å²) in [6.45, 7) is -0.675. The first-order chi connectivity index (χ1) is 7.41. The van der Waals surface area contributed by atoms with Crippen molar-refractivity contribution in [3.8, 4) is 0 Å². The fourth-order valence-corrected chi connectivity index (χ4v) is 1.26. The third-order valence-electron chi connectivity index (χ3n) is 1.83. The van der Waals surface area contributed by atoms with E-state index in [1.54, 1.807) is 0 Å². The van der Waals surface area contributed by atoms with Crippen LogP contribution in [0.5, 0.6) is 0 Å². The van der Waals surface area contributed by atoms with Crippen molar-refractivity contribution < 1.29 is 13.6 Å². The van der Waals surface area contributed by atoms with Crippen LogP contribution >= 0.6 is 11.6 Å². The van der Waals surface area contributed by atoms with Crippen LogP contribution in [0.25, 0.3) is 0 Å². The maximum atomic E-state index is 12.1. The molecule has 0 saturated carbocycles. The van der Waals surface area contributed by atoms with Crippen molar-refractivity contribution in [1.82, 2.24) is 9.88 Å². The molecular formula is C9H10ClF2N3O. The highest BCUT2D eigenvalue weighted by Crippen LogP contribution is 2.17. The summed E-state index contributed by atoms with van der Waals surface area (Å²) in [4.78, 5) is 16.2. The summed E-state index contributed by atoms with van der Waals surface area (Å²) in [5.74, 6) is -0.573. The first kappa shape index (κ1) is 12.6. The van der Waals surface area contributed by atoms with Gasteiger partial charge in [0.25, 0.3) is 12.3 Å². The van der Waals surface area contributed by atoms with E-state index in [9.17, 15) is 13.6 Å². The van der Waals surface area contributed by atoms with Crippen LogP contribution in [-0.2, 0) is 0 Å². The van der Waals surface area contributed by atoms with Gasteiger partial charge in [0, 0.05) is 7.05 Å². The van der Waals surface area contributed by atoms with E-state index >= 15 is 0 Å². The number of amides is 1. The van der Waals surface area contributed by atoms with Gasteiger partial charge in [-0.05, 0) is 12.1 Å². The second-order valence-electron chi connectivity index (χ2n) is 3.14. The van der Waals surface area contributed by atoms with E-state index in [0.29, 0.717) is 0 Å². The van der Waals surface area contributed by atoms with Crippen molar-refractivity contribution >= 4 is 23.3 Å². The van der Waals surface area contributed by atoms with E-state index in [4.69, 9.17) is 17.3 Å². The van der Waals surface area contributed by atoms with Crippen LogP contribution in [0, 0.1) is 0 Å². The van der Waals surface area contributed by atoms with Crippen molar-refractivity contribution in [3.63, 3.8) is 0 Å². The van der Waals surface area contributed by atoms with Gasteiger partial charge in [0.15, 0.2) is 0 Å². The topological polar surface area (TPSA) is 59.2 Å². The average Bonchev–Trinajstić information content (AvgIpc) is 2.19. The van der Waals surface area contributed by atoms with Crippen LogP contribution in [-0.4, -0.2) is 35.8 Å². The first-order valence-electron chi connectivity index (χ1n) is 4.37. The highest BCUT2D eigenvalue weighted by molar-refractivity contribution is 6.33. The predicted molar refractivity (Wildman–Crippen MR) is 56.6 cm³/mol. The minimum absolute atomic E-state index is 0.0836. The number of nitrogens with two attached hydrogens (primary N) is 1. The molecule has 0 saturated heterocycles. The highest BCUT2D eigenvalue weighted by atomic mass is 35.5. The molecular weight excluding hydrogens is 240 g/mol. The number of rotatable bonds is 3. The Morgan fingerprint density at radius 2 is 2.25 bits per heavy atom. The van der Waals surface area contributed by atoms with E-state index < -0.39 is 18.9 Å². The lowest BCUT2D eigenvalue weighted by molar-refractivity contribution is 0.0615. The fraction of sp³-hybridized carbons (Fsp3) is 0.333. The largest absolute Gasteiger partial charge is 0.384 e. The molecule has 1 aromatic rings. The van der Waals surface area contributed by atoms with Gasteiger partial charge in [0.2, 0.25) is 0 Å². The molecule has 0 aliphatic heterocycles. The van der Waals surface area contributed by atoms with E-state index in [1.165, 1.54) is 19.2 Å². The molecule has 4 nitrogen and oxygen atoms in total. The molecule has 0 aliphatic carbocycles. The van der Waals surface area contributed by atoms with E-state index in [0.717, 1.165) is 4.90 Å². The summed E-state index contributed by atoms with van der Waals surface area (Å²) >= 11 is 5.72. The van der Waals surface area contributed by atoms with E-state index in [1.807, 2.05) is 0 Å². The molecule has 0 radical (unpaired) electrons. The number of halogens is 3. The molecule has 1 aromatic heterocycles. The summed E-state index contributed by atoms with van der Waals surface area (Å²) in [5.41, 5.74) is 5.26. The van der Waals surface area contributed by atoms with E-state index in [2.05, 4.69) is 4.98 Å². The van der Waals surface area contributed by atoms with Gasteiger partial charge in [0.1, 0.15) is 11.5 Å². The average molecular weight is 250 g/mol. The Morgan fingerprint density at radius 1 is 1.62 bits per heavy atom. The number of hydrogen-bond acceptors (Lipinski definition) is 3. The number of aromatic nitrogens is 1. The van der Waals surface area contributed by atoms with Crippen LogP contribution in [0.2, 0.25) is 5.02 Å². The Hall–Kier alpha value is -1.43. The molecule has 0 atom stereocenters. The van der Waals surface area contributed by atoms with Crippen LogP contribution in [0.1, 0.15) is 10.5 Å². The third-order valence-corrected chi connectivity index (χ3v) is 2.13. The zero-order chi connectivity index (χ0) is 12.3. The Morgan fingerprint density at radius 3 is 2.81 bits per heavy atom. The van der Waals surface area contributed by atoms with Crippen LogP contribution in [0.4, 0.5) is 14.6 Å². The van der Waals surface area contributed by atoms with Gasteiger partial charge in [-0.1, -0.05) is 11.6 Å². The predicted octanol–water partition coefficient (Wildman–Crippen LogP) is 1.65. The molecule has 0 bridgehead atoms. The SMILES string of the molecule is CN(CC(F)F)C(=O)c1nc(N)ccc1Cl. The number of nitrogens with zero attached hydrogens (tertiary/aromatic N) is 2. The molecule has 1 heterocycles. The van der Waals surface area contributed by atoms with Crippen LogP contribution in [0.3, 0.4) is 0 Å².